The highest BCUT2D eigenvalue weighted by Gasteiger charge is 2.58. The molecule has 0 saturated heterocycles. The van der Waals surface area contributed by atoms with E-state index in [2.05, 4.69) is 38.2 Å². The maximum Gasteiger partial charge on any atom is 0.0596 e. The van der Waals surface area contributed by atoms with Crippen molar-refractivity contribution in [3.8, 4) is 0 Å². The van der Waals surface area contributed by atoms with Crippen LogP contribution >= 0.6 is 0 Å². The van der Waals surface area contributed by atoms with Gasteiger partial charge in [0.15, 0.2) is 0 Å². The summed E-state index contributed by atoms with van der Waals surface area (Å²) < 4.78 is 0. The third-order valence-electron chi connectivity index (χ3n) is 7.67. The summed E-state index contributed by atoms with van der Waals surface area (Å²) in [5.74, 6) is 2.67. The Balaban J connectivity index is 1.71. The zero-order valence-corrected chi connectivity index (χ0v) is 13.3. The van der Waals surface area contributed by atoms with E-state index in [1.807, 2.05) is 0 Å². The minimum atomic E-state index is -0.0855. The van der Waals surface area contributed by atoms with Gasteiger partial charge in [-0.3, -0.25) is 0 Å². The molecule has 2 saturated carbocycles. The summed E-state index contributed by atoms with van der Waals surface area (Å²) in [7, 11) is 0. The summed E-state index contributed by atoms with van der Waals surface area (Å²) in [5, 5.41) is 10.5. The molecular weight excluding hydrogens is 258 g/mol. The number of aliphatic hydroxyl groups excluding tert-OH is 1. The van der Waals surface area contributed by atoms with Crippen LogP contribution in [0.3, 0.4) is 0 Å². The molecular formula is C19H29NO. The van der Waals surface area contributed by atoms with Crippen LogP contribution in [0.1, 0.15) is 46.0 Å². The molecule has 4 aliphatic carbocycles. The first-order chi connectivity index (χ1) is 9.95. The average molecular weight is 287 g/mol. The van der Waals surface area contributed by atoms with Crippen LogP contribution in [0.4, 0.5) is 0 Å². The average Bonchev–Trinajstić information content (AvgIpc) is 2.76. The molecule has 0 aromatic rings. The Hall–Kier alpha value is -0.600. The van der Waals surface area contributed by atoms with E-state index in [0.29, 0.717) is 17.8 Å². The quantitative estimate of drug-likeness (QED) is 0.672. The largest absolute Gasteiger partial charge is 0.393 e. The Morgan fingerprint density at radius 1 is 1.05 bits per heavy atom. The predicted molar refractivity (Wildman–Crippen MR) is 85.5 cm³/mol. The van der Waals surface area contributed by atoms with Gasteiger partial charge in [-0.15, -0.1) is 0 Å². The predicted octanol–water partition coefficient (Wildman–Crippen LogP) is 3.27. The molecule has 3 N–H and O–H groups in total. The van der Waals surface area contributed by atoms with Crippen molar-refractivity contribution in [2.45, 2.75) is 58.1 Å². The Morgan fingerprint density at radius 3 is 2.67 bits per heavy atom. The van der Waals surface area contributed by atoms with E-state index in [-0.39, 0.29) is 23.0 Å². The second-order valence-corrected chi connectivity index (χ2v) is 8.54. The number of nitrogens with two attached hydrogens (primary N) is 1. The Morgan fingerprint density at radius 2 is 1.86 bits per heavy atom. The standard InChI is InChI=1S/C19H29NO/c1-18-9-7-13(20)11-12(18)3-4-14-15-5-6-17(21)19(15,2)10-8-16(14)18/h3-4,7,9,12-17,21H,5-6,8,10-11,20H2,1-2H3/t12-,13+,14+,15+,16+,17+,18+,19+/m1/s1. The van der Waals surface area contributed by atoms with E-state index in [1.54, 1.807) is 0 Å². The van der Waals surface area contributed by atoms with Crippen molar-refractivity contribution in [2.75, 3.05) is 0 Å². The molecule has 8 atom stereocenters. The van der Waals surface area contributed by atoms with Crippen molar-refractivity contribution in [1.29, 1.82) is 0 Å². The highest BCUT2D eigenvalue weighted by molar-refractivity contribution is 5.24. The summed E-state index contributed by atoms with van der Waals surface area (Å²) >= 11 is 0. The Kier molecular flexibility index (Phi) is 2.97. The number of hydrogen-bond donors (Lipinski definition) is 2. The van der Waals surface area contributed by atoms with Crippen LogP contribution < -0.4 is 5.73 Å². The first kappa shape index (κ1) is 14.0. The molecule has 0 aliphatic heterocycles. The number of allylic oxidation sites excluding steroid dienone is 3. The molecule has 0 heterocycles. The lowest BCUT2D eigenvalue weighted by Crippen LogP contribution is -2.51. The highest BCUT2D eigenvalue weighted by Crippen LogP contribution is 2.63. The minimum Gasteiger partial charge on any atom is -0.393 e. The number of hydrogen-bond acceptors (Lipinski definition) is 2. The van der Waals surface area contributed by atoms with Gasteiger partial charge in [-0.25, -0.2) is 0 Å². The van der Waals surface area contributed by atoms with Crippen LogP contribution in [0.25, 0.3) is 0 Å². The molecule has 4 aliphatic rings. The summed E-state index contributed by atoms with van der Waals surface area (Å²) in [4.78, 5) is 0. The molecule has 0 radical (unpaired) electrons. The van der Waals surface area contributed by atoms with E-state index in [0.717, 1.165) is 18.8 Å². The smallest absolute Gasteiger partial charge is 0.0596 e. The van der Waals surface area contributed by atoms with Gasteiger partial charge in [0.1, 0.15) is 0 Å². The second-order valence-electron chi connectivity index (χ2n) is 8.54. The monoisotopic (exact) mass is 287 g/mol. The maximum absolute atomic E-state index is 10.5. The van der Waals surface area contributed by atoms with E-state index in [4.69, 9.17) is 5.73 Å². The zero-order chi connectivity index (χ0) is 14.8. The molecule has 0 aromatic carbocycles. The lowest BCUT2D eigenvalue weighted by atomic mass is 9.48. The van der Waals surface area contributed by atoms with Gasteiger partial charge in [0.05, 0.1) is 6.10 Å². The van der Waals surface area contributed by atoms with Crippen molar-refractivity contribution in [3.05, 3.63) is 24.3 Å². The summed E-state index contributed by atoms with van der Waals surface area (Å²) in [6.07, 6.45) is 15.3. The molecule has 0 unspecified atom stereocenters. The van der Waals surface area contributed by atoms with Gasteiger partial charge < -0.3 is 10.8 Å². The summed E-state index contributed by atoms with van der Waals surface area (Å²) in [6, 6.07) is 0.228. The first-order valence-corrected chi connectivity index (χ1v) is 8.76. The molecule has 0 bridgehead atoms. The van der Waals surface area contributed by atoms with Gasteiger partial charge >= 0.3 is 0 Å². The van der Waals surface area contributed by atoms with Crippen molar-refractivity contribution in [3.63, 3.8) is 0 Å². The van der Waals surface area contributed by atoms with E-state index in [1.165, 1.54) is 19.3 Å². The van der Waals surface area contributed by atoms with Crippen LogP contribution in [0.2, 0.25) is 0 Å². The number of aliphatic hydroxyl groups is 1. The van der Waals surface area contributed by atoms with E-state index in [9.17, 15) is 5.11 Å². The van der Waals surface area contributed by atoms with Crippen LogP contribution in [0.15, 0.2) is 24.3 Å². The zero-order valence-electron chi connectivity index (χ0n) is 13.3. The van der Waals surface area contributed by atoms with Crippen LogP contribution in [-0.2, 0) is 0 Å². The molecule has 0 amide bonds. The fraction of sp³-hybridized carbons (Fsp3) is 0.789. The number of rotatable bonds is 0. The Bertz CT molecular complexity index is 498. The lowest BCUT2D eigenvalue weighted by molar-refractivity contribution is -0.0552. The van der Waals surface area contributed by atoms with Crippen molar-refractivity contribution >= 4 is 0 Å². The van der Waals surface area contributed by atoms with Gasteiger partial charge in [-0.2, -0.15) is 0 Å². The number of fused-ring (bicyclic) bond motifs is 5. The van der Waals surface area contributed by atoms with Crippen molar-refractivity contribution < 1.29 is 5.11 Å². The SMILES string of the molecule is C[C@]12C=C[C@H](N)C[C@H]1C=C[C@@H]1[C@@H]2CC[C@]2(C)[C@@H](O)CC[C@@H]12. The van der Waals surface area contributed by atoms with E-state index >= 15 is 0 Å². The molecule has 0 spiro atoms. The summed E-state index contributed by atoms with van der Waals surface area (Å²) in [5.41, 5.74) is 6.58. The minimum absolute atomic E-state index is 0.0855. The Labute approximate surface area is 128 Å². The molecule has 2 nitrogen and oxygen atoms in total. The summed E-state index contributed by atoms with van der Waals surface area (Å²) in [6.45, 7) is 4.79. The molecule has 21 heavy (non-hydrogen) atoms. The van der Waals surface area contributed by atoms with Crippen LogP contribution in [-0.4, -0.2) is 17.3 Å². The van der Waals surface area contributed by atoms with Gasteiger partial charge in [-0.1, -0.05) is 38.2 Å². The van der Waals surface area contributed by atoms with Gasteiger partial charge in [0.25, 0.3) is 0 Å². The third kappa shape index (κ3) is 1.78. The topological polar surface area (TPSA) is 46.2 Å². The van der Waals surface area contributed by atoms with Crippen LogP contribution in [0.5, 0.6) is 0 Å². The van der Waals surface area contributed by atoms with Crippen molar-refractivity contribution in [1.82, 2.24) is 0 Å². The van der Waals surface area contributed by atoms with Gasteiger partial charge in [0, 0.05) is 6.04 Å². The van der Waals surface area contributed by atoms with Gasteiger partial charge in [0.2, 0.25) is 0 Å². The molecule has 2 heteroatoms. The van der Waals surface area contributed by atoms with Gasteiger partial charge in [-0.05, 0) is 66.6 Å². The third-order valence-corrected chi connectivity index (χ3v) is 7.67. The second kappa shape index (κ2) is 4.45. The van der Waals surface area contributed by atoms with Crippen molar-refractivity contribution in [2.24, 2.45) is 40.2 Å². The van der Waals surface area contributed by atoms with E-state index < -0.39 is 0 Å². The fourth-order valence-corrected chi connectivity index (χ4v) is 6.19. The maximum atomic E-state index is 10.5. The normalized spacial score (nSPS) is 58.5. The molecule has 2 fully saturated rings. The highest BCUT2D eigenvalue weighted by atomic mass is 16.3. The lowest BCUT2D eigenvalue weighted by Gasteiger charge is -2.56. The molecule has 116 valence electrons. The molecule has 4 rings (SSSR count). The first-order valence-electron chi connectivity index (χ1n) is 8.76. The van der Waals surface area contributed by atoms with Crippen LogP contribution in [0, 0.1) is 34.5 Å². The molecule has 0 aromatic heterocycles. The fourth-order valence-electron chi connectivity index (χ4n) is 6.19.